The predicted octanol–water partition coefficient (Wildman–Crippen LogP) is 6.78. The summed E-state index contributed by atoms with van der Waals surface area (Å²) in [6.07, 6.45) is 2.34. The number of nitrogens with zero attached hydrogens (tertiary/aromatic N) is 2. The summed E-state index contributed by atoms with van der Waals surface area (Å²) in [6.45, 7) is 1.17. The fourth-order valence-corrected chi connectivity index (χ4v) is 8.59. The first-order chi connectivity index (χ1) is 25.5. The number of quaternary nitrogens is 1. The Kier molecular flexibility index (Phi) is 9.64. The zero-order chi connectivity index (χ0) is 37.8. The molecule has 12 heteroatoms. The lowest BCUT2D eigenvalue weighted by Crippen LogP contribution is -2.47. The van der Waals surface area contributed by atoms with E-state index >= 15 is 0 Å². The van der Waals surface area contributed by atoms with Gasteiger partial charge in [0.2, 0.25) is 17.2 Å². The lowest BCUT2D eigenvalue weighted by molar-refractivity contribution is -0.894. The van der Waals surface area contributed by atoms with Crippen LogP contribution in [-0.4, -0.2) is 91.6 Å². The van der Waals surface area contributed by atoms with Crippen LogP contribution in [0.15, 0.2) is 36.4 Å². The molecule has 0 radical (unpaired) electrons. The molecule has 0 saturated carbocycles. The quantitative estimate of drug-likeness (QED) is 0.130. The number of hydrogen-bond acceptors (Lipinski definition) is 11. The van der Waals surface area contributed by atoms with Gasteiger partial charge in [-0.15, -0.1) is 0 Å². The maximum Gasteiger partial charge on any atom is 0.204 e. The summed E-state index contributed by atoms with van der Waals surface area (Å²) in [7, 11) is 15.0. The molecule has 1 N–H and O–H groups in total. The molecule has 0 saturated heterocycles. The van der Waals surface area contributed by atoms with E-state index in [9.17, 15) is 10.3 Å². The highest BCUT2D eigenvalue weighted by Crippen LogP contribution is 2.60. The summed E-state index contributed by atoms with van der Waals surface area (Å²) in [5, 5.41) is 24.9. The van der Waals surface area contributed by atoms with E-state index in [0.29, 0.717) is 71.8 Å². The van der Waals surface area contributed by atoms with Crippen LogP contribution in [0, 0.1) is 5.21 Å². The fraction of sp³-hybridized carbons (Fsp3) is 0.415. The lowest BCUT2D eigenvalue weighted by Gasteiger charge is -2.49. The normalized spacial score (nSPS) is 20.0. The van der Waals surface area contributed by atoms with Gasteiger partial charge in [-0.25, -0.2) is 0 Å². The molecule has 0 amide bonds. The van der Waals surface area contributed by atoms with E-state index in [1.54, 1.807) is 42.6 Å². The molecule has 0 bridgehead atoms. The summed E-state index contributed by atoms with van der Waals surface area (Å²) in [5.74, 6) is 4.69. The number of benzene rings is 4. The van der Waals surface area contributed by atoms with E-state index < -0.39 is 10.7 Å². The molecule has 2 aliphatic heterocycles. The number of phenolic OH excluding ortho intramolecular Hbond substituents is 1. The third-order valence-corrected chi connectivity index (χ3v) is 11.3. The molecule has 3 atom stereocenters. The zero-order valence-electron chi connectivity index (χ0n) is 31.9. The first-order valence-electron chi connectivity index (χ1n) is 17.7. The van der Waals surface area contributed by atoms with Gasteiger partial charge >= 0.3 is 0 Å². The Morgan fingerprint density at radius 3 is 2.00 bits per heavy atom. The number of aromatic hydroxyl groups is 1. The molecule has 0 aromatic heterocycles. The standard InChI is InChI=1S/C41H48N2O10/c1-42-16-14-25-33-29(42)19-28-27(34(33)40(51-8)41(52-9)36(25)48-5)21-32(47-4)39(50-7)37(28)53-23-12-10-22(11-13-23)18-30-26-20-31(46-3)38(49-6)35(44)24(26)15-17-43(30,2)45/h10-13,20-21,29-30,44H,14-19H2,1-9H3/t29-,30-,43+/m0/s1. The lowest BCUT2D eigenvalue weighted by atomic mass is 9.75. The van der Waals surface area contributed by atoms with Gasteiger partial charge < -0.3 is 52.9 Å². The number of hydroxylamine groups is 3. The number of fused-ring (bicyclic) bond motifs is 3. The topological polar surface area (TPSA) is 120 Å². The summed E-state index contributed by atoms with van der Waals surface area (Å²) in [5.41, 5.74) is 7.48. The van der Waals surface area contributed by atoms with Crippen LogP contribution in [0.25, 0.3) is 11.1 Å². The molecule has 53 heavy (non-hydrogen) atoms. The molecule has 1 aliphatic carbocycles. The molecule has 7 rings (SSSR count). The highest BCUT2D eigenvalue weighted by Gasteiger charge is 2.42. The van der Waals surface area contributed by atoms with Crippen molar-refractivity contribution in [1.82, 2.24) is 4.90 Å². The third kappa shape index (κ3) is 5.80. The van der Waals surface area contributed by atoms with Gasteiger partial charge in [-0.05, 0) is 60.8 Å². The van der Waals surface area contributed by atoms with Crippen molar-refractivity contribution in [1.29, 1.82) is 0 Å². The molecule has 0 fully saturated rings. The SMILES string of the molecule is COc1cc2c(c(O)c1OC)CC[N@@+](C)([O-])[C@H]2Cc1ccc(Oc2c3c(cc(OC)c2OC)-c2c(OC)c(OC)c(OC)c4c2[C@H](C3)N(C)CC4)cc1. The number of ether oxygens (including phenoxy) is 8. The first kappa shape index (κ1) is 36.3. The molecule has 12 nitrogen and oxygen atoms in total. The van der Waals surface area contributed by atoms with Crippen LogP contribution in [0.3, 0.4) is 0 Å². The maximum atomic E-state index is 13.9. The molecular weight excluding hydrogens is 680 g/mol. The molecule has 0 unspecified atom stereocenters. The predicted molar refractivity (Wildman–Crippen MR) is 200 cm³/mol. The van der Waals surface area contributed by atoms with E-state index in [0.717, 1.165) is 57.5 Å². The van der Waals surface area contributed by atoms with Gasteiger partial charge in [0, 0.05) is 53.2 Å². The minimum absolute atomic E-state index is 0.0220. The van der Waals surface area contributed by atoms with E-state index in [-0.39, 0.29) is 17.5 Å². The number of hydrogen-bond donors (Lipinski definition) is 1. The molecular formula is C41H48N2O10. The van der Waals surface area contributed by atoms with Gasteiger partial charge in [-0.2, -0.15) is 0 Å². The van der Waals surface area contributed by atoms with E-state index in [1.165, 1.54) is 14.2 Å². The molecule has 4 aromatic rings. The Labute approximate surface area is 310 Å². The fourth-order valence-electron chi connectivity index (χ4n) is 8.59. The maximum absolute atomic E-state index is 13.9. The largest absolute Gasteiger partial charge is 0.633 e. The Balaban J connectivity index is 1.29. The molecule has 282 valence electrons. The molecule has 0 spiro atoms. The number of methoxy groups -OCH3 is 7. The Hall–Kier alpha value is -5.04. The average molecular weight is 729 g/mol. The van der Waals surface area contributed by atoms with Crippen molar-refractivity contribution in [3.8, 4) is 68.6 Å². The van der Waals surface area contributed by atoms with Gasteiger partial charge in [0.05, 0.1) is 63.4 Å². The monoisotopic (exact) mass is 728 g/mol. The van der Waals surface area contributed by atoms with E-state index in [2.05, 4.69) is 11.9 Å². The van der Waals surface area contributed by atoms with Crippen LogP contribution in [0.2, 0.25) is 0 Å². The van der Waals surface area contributed by atoms with Crippen LogP contribution in [0.1, 0.15) is 45.5 Å². The highest BCUT2D eigenvalue weighted by atomic mass is 16.6. The van der Waals surface area contributed by atoms with E-state index in [4.69, 9.17) is 37.9 Å². The van der Waals surface area contributed by atoms with E-state index in [1.807, 2.05) is 36.4 Å². The number of rotatable bonds is 11. The summed E-state index contributed by atoms with van der Waals surface area (Å²) in [6, 6.07) is 11.1. The third-order valence-electron chi connectivity index (χ3n) is 11.3. The van der Waals surface area contributed by atoms with Crippen LogP contribution in [-0.2, 0) is 25.7 Å². The van der Waals surface area contributed by atoms with Gasteiger partial charge in [0.15, 0.2) is 34.5 Å². The van der Waals surface area contributed by atoms with Crippen molar-refractivity contribution in [2.75, 3.05) is 77.0 Å². The van der Waals surface area contributed by atoms with Crippen molar-refractivity contribution in [3.05, 3.63) is 75.0 Å². The minimum atomic E-state index is -0.480. The van der Waals surface area contributed by atoms with Gasteiger partial charge in [-0.3, -0.25) is 4.90 Å². The Morgan fingerprint density at radius 1 is 0.736 bits per heavy atom. The van der Waals surface area contributed by atoms with Crippen molar-refractivity contribution in [2.45, 2.75) is 37.8 Å². The smallest absolute Gasteiger partial charge is 0.204 e. The van der Waals surface area contributed by atoms with Crippen LogP contribution < -0.4 is 37.9 Å². The second-order valence-electron chi connectivity index (χ2n) is 13.9. The van der Waals surface area contributed by atoms with Crippen molar-refractivity contribution >= 4 is 0 Å². The van der Waals surface area contributed by atoms with Crippen LogP contribution in [0.5, 0.6) is 57.5 Å². The molecule has 2 heterocycles. The van der Waals surface area contributed by atoms with Crippen molar-refractivity contribution in [2.24, 2.45) is 0 Å². The second-order valence-corrected chi connectivity index (χ2v) is 13.9. The summed E-state index contributed by atoms with van der Waals surface area (Å²) < 4.78 is 47.1. The summed E-state index contributed by atoms with van der Waals surface area (Å²) in [4.78, 5) is 2.35. The van der Waals surface area contributed by atoms with Gasteiger partial charge in [0.25, 0.3) is 0 Å². The minimum Gasteiger partial charge on any atom is -0.633 e. The first-order valence-corrected chi connectivity index (χ1v) is 17.7. The number of likely N-dealkylation sites (N-methyl/N-ethyl adjacent to an activating group) is 2. The zero-order valence-corrected chi connectivity index (χ0v) is 31.9. The summed E-state index contributed by atoms with van der Waals surface area (Å²) >= 11 is 0. The molecule has 4 aromatic carbocycles. The van der Waals surface area contributed by atoms with Crippen LogP contribution >= 0.6 is 0 Å². The van der Waals surface area contributed by atoms with Gasteiger partial charge in [0.1, 0.15) is 11.8 Å². The van der Waals surface area contributed by atoms with Crippen molar-refractivity contribution in [3.63, 3.8) is 0 Å². The Morgan fingerprint density at radius 2 is 1.38 bits per heavy atom. The Bertz CT molecular complexity index is 2040. The molecule has 3 aliphatic rings. The number of phenols is 1. The van der Waals surface area contributed by atoms with Gasteiger partial charge in [-0.1, -0.05) is 12.1 Å². The highest BCUT2D eigenvalue weighted by molar-refractivity contribution is 5.89. The van der Waals surface area contributed by atoms with Crippen LogP contribution in [0.4, 0.5) is 0 Å². The second kappa shape index (κ2) is 14.1. The van der Waals surface area contributed by atoms with Crippen molar-refractivity contribution < 1.29 is 47.6 Å². The average Bonchev–Trinajstić information content (AvgIpc) is 3.16.